The fourth-order valence-corrected chi connectivity index (χ4v) is 3.34. The van der Waals surface area contributed by atoms with Crippen LogP contribution in [0.25, 0.3) is 0 Å². The van der Waals surface area contributed by atoms with Gasteiger partial charge in [-0.3, -0.25) is 9.59 Å². The Morgan fingerprint density at radius 2 is 1.91 bits per heavy atom. The van der Waals surface area contributed by atoms with Crippen LogP contribution in [0.4, 0.5) is 13.2 Å². The van der Waals surface area contributed by atoms with Crippen LogP contribution in [0.2, 0.25) is 0 Å². The third-order valence-electron chi connectivity index (χ3n) is 4.61. The van der Waals surface area contributed by atoms with E-state index in [0.29, 0.717) is 6.54 Å². The van der Waals surface area contributed by atoms with Gasteiger partial charge in [-0.2, -0.15) is 13.2 Å². The SMILES string of the molecule is CC(C)[C@@H]1CN(C)CCN1C(=O)[C@@H]1CC(=O)N(CC(F)(F)F)C1. The summed E-state index contributed by atoms with van der Waals surface area (Å²) in [7, 11) is 1.99. The van der Waals surface area contributed by atoms with Crippen LogP contribution in [0.3, 0.4) is 0 Å². The number of likely N-dealkylation sites (N-methyl/N-ethyl adjacent to an activating group) is 1. The molecule has 0 spiro atoms. The van der Waals surface area contributed by atoms with E-state index in [0.717, 1.165) is 18.0 Å². The van der Waals surface area contributed by atoms with Crippen LogP contribution in [0, 0.1) is 11.8 Å². The molecule has 0 N–H and O–H groups in total. The number of hydrogen-bond donors (Lipinski definition) is 0. The van der Waals surface area contributed by atoms with Gasteiger partial charge in [0.2, 0.25) is 11.8 Å². The molecular formula is C15H24F3N3O2. The summed E-state index contributed by atoms with van der Waals surface area (Å²) in [6.45, 7) is 4.69. The van der Waals surface area contributed by atoms with Crippen LogP contribution < -0.4 is 0 Å². The summed E-state index contributed by atoms with van der Waals surface area (Å²) >= 11 is 0. The van der Waals surface area contributed by atoms with Crippen LogP contribution in [0.15, 0.2) is 0 Å². The second-order valence-electron chi connectivity index (χ2n) is 6.90. The van der Waals surface area contributed by atoms with Gasteiger partial charge in [0.15, 0.2) is 0 Å². The van der Waals surface area contributed by atoms with Gasteiger partial charge in [-0.05, 0) is 13.0 Å². The van der Waals surface area contributed by atoms with E-state index in [1.165, 1.54) is 0 Å². The average Bonchev–Trinajstić information content (AvgIpc) is 2.77. The van der Waals surface area contributed by atoms with Gasteiger partial charge in [0.05, 0.1) is 5.92 Å². The first-order valence-electron chi connectivity index (χ1n) is 7.92. The smallest absolute Gasteiger partial charge is 0.337 e. The lowest BCUT2D eigenvalue weighted by Gasteiger charge is -2.43. The van der Waals surface area contributed by atoms with Gasteiger partial charge in [-0.1, -0.05) is 13.8 Å². The molecule has 2 rings (SSSR count). The Bertz CT molecular complexity index is 467. The number of amides is 2. The third-order valence-corrected chi connectivity index (χ3v) is 4.61. The van der Waals surface area contributed by atoms with Crippen LogP contribution in [0.5, 0.6) is 0 Å². The average molecular weight is 335 g/mol. The molecule has 2 saturated heterocycles. The maximum atomic E-state index is 12.7. The molecule has 0 aromatic carbocycles. The Labute approximate surface area is 134 Å². The first-order chi connectivity index (χ1) is 10.6. The maximum absolute atomic E-state index is 12.7. The van der Waals surface area contributed by atoms with E-state index in [9.17, 15) is 22.8 Å². The number of carbonyl (C=O) groups excluding carboxylic acids is 2. The number of piperazine rings is 1. The van der Waals surface area contributed by atoms with Gasteiger partial charge in [0.25, 0.3) is 0 Å². The van der Waals surface area contributed by atoms with Crippen molar-refractivity contribution in [2.24, 2.45) is 11.8 Å². The number of halogens is 3. The summed E-state index contributed by atoms with van der Waals surface area (Å²) in [6.07, 6.45) is -4.55. The fraction of sp³-hybridized carbons (Fsp3) is 0.867. The summed E-state index contributed by atoms with van der Waals surface area (Å²) in [6, 6.07) is 0.0352. The Kier molecular flexibility index (Phi) is 5.23. The maximum Gasteiger partial charge on any atom is 0.406 e. The Hall–Kier alpha value is -1.31. The Morgan fingerprint density at radius 3 is 2.48 bits per heavy atom. The van der Waals surface area contributed by atoms with Gasteiger partial charge >= 0.3 is 6.18 Å². The molecule has 0 unspecified atom stereocenters. The van der Waals surface area contributed by atoms with Crippen LogP contribution in [-0.2, 0) is 9.59 Å². The molecule has 0 aromatic heterocycles. The molecule has 5 nitrogen and oxygen atoms in total. The molecule has 132 valence electrons. The standard InChI is InChI=1S/C15H24F3N3O2/c1-10(2)12-8-19(3)4-5-21(12)14(23)11-6-13(22)20(7-11)9-15(16,17)18/h10-12H,4-9H2,1-3H3/t11-,12+/m1/s1. The third kappa shape index (κ3) is 4.37. The second kappa shape index (κ2) is 6.67. The highest BCUT2D eigenvalue weighted by molar-refractivity contribution is 5.89. The number of likely N-dealkylation sites (tertiary alicyclic amines) is 1. The molecule has 2 amide bonds. The molecule has 0 bridgehead atoms. The van der Waals surface area contributed by atoms with E-state index >= 15 is 0 Å². The van der Waals surface area contributed by atoms with E-state index in [1.807, 2.05) is 20.9 Å². The predicted molar refractivity (Wildman–Crippen MR) is 78.6 cm³/mol. The largest absolute Gasteiger partial charge is 0.406 e. The van der Waals surface area contributed by atoms with Crippen LogP contribution in [-0.4, -0.2) is 78.5 Å². The van der Waals surface area contributed by atoms with Gasteiger partial charge in [0, 0.05) is 38.6 Å². The van der Waals surface area contributed by atoms with Crippen molar-refractivity contribution in [2.75, 3.05) is 39.8 Å². The monoisotopic (exact) mass is 335 g/mol. The molecular weight excluding hydrogens is 311 g/mol. The van der Waals surface area contributed by atoms with Crippen molar-refractivity contribution in [3.8, 4) is 0 Å². The van der Waals surface area contributed by atoms with Crippen LogP contribution >= 0.6 is 0 Å². The van der Waals surface area contributed by atoms with Crippen molar-refractivity contribution < 1.29 is 22.8 Å². The minimum Gasteiger partial charge on any atom is -0.337 e. The van der Waals surface area contributed by atoms with E-state index in [2.05, 4.69) is 4.90 Å². The van der Waals surface area contributed by atoms with Gasteiger partial charge in [-0.25, -0.2) is 0 Å². The van der Waals surface area contributed by atoms with E-state index in [-0.39, 0.29) is 30.8 Å². The number of carbonyl (C=O) groups is 2. The molecule has 8 heteroatoms. The number of alkyl halides is 3. The zero-order chi connectivity index (χ0) is 17.4. The van der Waals surface area contributed by atoms with Crippen molar-refractivity contribution in [1.82, 2.24) is 14.7 Å². The van der Waals surface area contributed by atoms with E-state index in [4.69, 9.17) is 0 Å². The highest BCUT2D eigenvalue weighted by atomic mass is 19.4. The van der Waals surface area contributed by atoms with E-state index < -0.39 is 24.5 Å². The summed E-state index contributed by atoms with van der Waals surface area (Å²) in [4.78, 5) is 29.1. The molecule has 0 radical (unpaired) electrons. The van der Waals surface area contributed by atoms with Crippen molar-refractivity contribution in [2.45, 2.75) is 32.5 Å². The first kappa shape index (κ1) is 18.0. The van der Waals surface area contributed by atoms with Crippen LogP contribution in [0.1, 0.15) is 20.3 Å². The minimum absolute atomic E-state index is 0.0352. The molecule has 2 aliphatic heterocycles. The molecule has 2 atom stereocenters. The summed E-state index contributed by atoms with van der Waals surface area (Å²) in [5.74, 6) is -1.18. The number of hydrogen-bond acceptors (Lipinski definition) is 3. The Balaban J connectivity index is 2.04. The van der Waals surface area contributed by atoms with E-state index in [1.54, 1.807) is 4.90 Å². The lowest BCUT2D eigenvalue weighted by molar-refractivity contribution is -0.157. The molecule has 0 aromatic rings. The molecule has 0 saturated carbocycles. The molecule has 2 heterocycles. The molecule has 0 aliphatic carbocycles. The Morgan fingerprint density at radius 1 is 1.26 bits per heavy atom. The van der Waals surface area contributed by atoms with Gasteiger partial charge < -0.3 is 14.7 Å². The minimum atomic E-state index is -4.43. The predicted octanol–water partition coefficient (Wildman–Crippen LogP) is 1.20. The lowest BCUT2D eigenvalue weighted by Crippen LogP contribution is -2.57. The van der Waals surface area contributed by atoms with Gasteiger partial charge in [-0.15, -0.1) is 0 Å². The molecule has 23 heavy (non-hydrogen) atoms. The number of nitrogens with zero attached hydrogens (tertiary/aromatic N) is 3. The highest BCUT2D eigenvalue weighted by Crippen LogP contribution is 2.27. The molecule has 2 fully saturated rings. The fourth-order valence-electron chi connectivity index (χ4n) is 3.34. The van der Waals surface area contributed by atoms with Crippen molar-refractivity contribution in [3.63, 3.8) is 0 Å². The number of rotatable bonds is 3. The highest BCUT2D eigenvalue weighted by Gasteiger charge is 2.43. The quantitative estimate of drug-likeness (QED) is 0.778. The zero-order valence-corrected chi connectivity index (χ0v) is 13.8. The summed E-state index contributed by atoms with van der Waals surface area (Å²) < 4.78 is 37.4. The summed E-state index contributed by atoms with van der Waals surface area (Å²) in [5.41, 5.74) is 0. The zero-order valence-electron chi connectivity index (χ0n) is 13.8. The van der Waals surface area contributed by atoms with Gasteiger partial charge in [0.1, 0.15) is 6.54 Å². The van der Waals surface area contributed by atoms with Crippen molar-refractivity contribution >= 4 is 11.8 Å². The first-order valence-corrected chi connectivity index (χ1v) is 7.92. The normalized spacial score (nSPS) is 27.2. The van der Waals surface area contributed by atoms with Crippen molar-refractivity contribution in [1.29, 1.82) is 0 Å². The topological polar surface area (TPSA) is 43.9 Å². The molecule has 2 aliphatic rings. The second-order valence-corrected chi connectivity index (χ2v) is 6.90. The lowest BCUT2D eigenvalue weighted by atomic mass is 9.97. The summed E-state index contributed by atoms with van der Waals surface area (Å²) in [5, 5.41) is 0. The van der Waals surface area contributed by atoms with Crippen molar-refractivity contribution in [3.05, 3.63) is 0 Å².